The van der Waals surface area contributed by atoms with E-state index in [0.717, 1.165) is 11.1 Å². The van der Waals surface area contributed by atoms with E-state index in [4.69, 9.17) is 32.9 Å². The maximum absolute atomic E-state index is 9.16. The van der Waals surface area contributed by atoms with Gasteiger partial charge in [0.25, 0.3) is 0 Å². The topological polar surface area (TPSA) is 61.3 Å². The molecular weight excluding hydrogens is 357 g/mol. The number of nitrogens with zero attached hydrogens (tertiary/aromatic N) is 2. The molecule has 1 heterocycles. The zero-order chi connectivity index (χ0) is 17.6. The summed E-state index contributed by atoms with van der Waals surface area (Å²) in [4.78, 5) is 0. The Balaban J connectivity index is 1.68. The van der Waals surface area contributed by atoms with Crippen molar-refractivity contribution in [1.82, 2.24) is 5.43 Å². The molecule has 3 rings (SSSR count). The van der Waals surface area contributed by atoms with Crippen molar-refractivity contribution in [2.24, 2.45) is 5.10 Å². The Morgan fingerprint density at radius 2 is 1.80 bits per heavy atom. The molecule has 0 fully saturated rings. The Bertz CT molecular complexity index is 937. The fourth-order valence-corrected chi connectivity index (χ4v) is 2.83. The summed E-state index contributed by atoms with van der Waals surface area (Å²) < 4.78 is 5.72. The van der Waals surface area contributed by atoms with Crippen LogP contribution in [0.1, 0.15) is 16.9 Å². The molecule has 0 bridgehead atoms. The molecule has 0 aliphatic heterocycles. The standard InChI is InChI=1S/C19H13Cl2N3O/c20-17-6-3-7-18(21)16(17)12-24-23-11-14-8-9-19(25-14)15-5-2-1-4-13(15)10-22/h1-9,11,24H,12H2/b23-11+. The van der Waals surface area contributed by atoms with Crippen LogP contribution in [0, 0.1) is 11.3 Å². The van der Waals surface area contributed by atoms with Gasteiger partial charge in [-0.05, 0) is 36.4 Å². The van der Waals surface area contributed by atoms with Crippen LogP contribution >= 0.6 is 23.2 Å². The molecule has 0 aliphatic carbocycles. The normalized spacial score (nSPS) is 10.8. The number of hydrogen-bond acceptors (Lipinski definition) is 4. The minimum Gasteiger partial charge on any atom is -0.455 e. The van der Waals surface area contributed by atoms with E-state index in [1.54, 1.807) is 36.5 Å². The lowest BCUT2D eigenvalue weighted by Gasteiger charge is -2.05. The van der Waals surface area contributed by atoms with E-state index in [2.05, 4.69) is 16.6 Å². The summed E-state index contributed by atoms with van der Waals surface area (Å²) in [6, 6.07) is 18.4. The van der Waals surface area contributed by atoms with E-state index in [1.807, 2.05) is 24.3 Å². The van der Waals surface area contributed by atoms with Gasteiger partial charge in [-0.25, -0.2) is 0 Å². The van der Waals surface area contributed by atoms with Crippen molar-refractivity contribution < 1.29 is 4.42 Å². The second kappa shape index (κ2) is 7.89. The molecule has 3 aromatic rings. The maximum atomic E-state index is 9.16. The highest BCUT2D eigenvalue weighted by Crippen LogP contribution is 2.25. The number of halogens is 2. The van der Waals surface area contributed by atoms with Crippen molar-refractivity contribution in [3.8, 4) is 17.4 Å². The summed E-state index contributed by atoms with van der Waals surface area (Å²) in [5.41, 5.74) is 4.99. The van der Waals surface area contributed by atoms with Crippen LogP contribution in [0.15, 0.2) is 64.1 Å². The minimum atomic E-state index is 0.403. The molecule has 0 spiro atoms. The monoisotopic (exact) mass is 369 g/mol. The maximum Gasteiger partial charge on any atom is 0.147 e. The van der Waals surface area contributed by atoms with Crippen molar-refractivity contribution in [3.63, 3.8) is 0 Å². The van der Waals surface area contributed by atoms with E-state index < -0.39 is 0 Å². The SMILES string of the molecule is N#Cc1ccccc1-c1ccc(/C=N/NCc2c(Cl)cccc2Cl)o1. The van der Waals surface area contributed by atoms with Crippen LogP contribution in [0.25, 0.3) is 11.3 Å². The third kappa shape index (κ3) is 4.03. The van der Waals surface area contributed by atoms with Crippen LogP contribution in [0.5, 0.6) is 0 Å². The zero-order valence-corrected chi connectivity index (χ0v) is 14.6. The van der Waals surface area contributed by atoms with Gasteiger partial charge in [0.1, 0.15) is 11.5 Å². The lowest BCUT2D eigenvalue weighted by atomic mass is 10.1. The second-order valence-corrected chi connectivity index (χ2v) is 5.97. The van der Waals surface area contributed by atoms with Gasteiger partial charge in [-0.3, -0.25) is 0 Å². The molecule has 2 aromatic carbocycles. The number of rotatable bonds is 5. The largest absolute Gasteiger partial charge is 0.455 e. The van der Waals surface area contributed by atoms with Crippen molar-refractivity contribution >= 4 is 29.4 Å². The molecule has 0 atom stereocenters. The highest BCUT2D eigenvalue weighted by Gasteiger charge is 2.08. The van der Waals surface area contributed by atoms with Gasteiger partial charge in [0, 0.05) is 21.2 Å². The minimum absolute atomic E-state index is 0.403. The molecule has 4 nitrogen and oxygen atoms in total. The Morgan fingerprint density at radius 1 is 1.04 bits per heavy atom. The van der Waals surface area contributed by atoms with E-state index in [-0.39, 0.29) is 0 Å². The Labute approximate surface area is 155 Å². The predicted octanol–water partition coefficient (Wildman–Crippen LogP) is 5.25. The molecule has 1 aromatic heterocycles. The zero-order valence-electron chi connectivity index (χ0n) is 13.0. The molecule has 1 N–H and O–H groups in total. The molecule has 6 heteroatoms. The van der Waals surface area contributed by atoms with Crippen LogP contribution in [0.3, 0.4) is 0 Å². The summed E-state index contributed by atoms with van der Waals surface area (Å²) >= 11 is 12.2. The summed E-state index contributed by atoms with van der Waals surface area (Å²) in [5, 5.41) is 14.5. The average molecular weight is 370 g/mol. The number of benzene rings is 2. The fourth-order valence-electron chi connectivity index (χ4n) is 2.30. The number of furan rings is 1. The van der Waals surface area contributed by atoms with Gasteiger partial charge in [-0.15, -0.1) is 0 Å². The van der Waals surface area contributed by atoms with Gasteiger partial charge in [0.15, 0.2) is 0 Å². The van der Waals surface area contributed by atoms with Crippen LogP contribution in [-0.2, 0) is 6.54 Å². The lowest BCUT2D eigenvalue weighted by molar-refractivity contribution is 0.573. The summed E-state index contributed by atoms with van der Waals surface area (Å²) in [6.07, 6.45) is 1.56. The second-order valence-electron chi connectivity index (χ2n) is 5.15. The smallest absolute Gasteiger partial charge is 0.147 e. The first-order valence-corrected chi connectivity index (χ1v) is 8.23. The van der Waals surface area contributed by atoms with E-state index >= 15 is 0 Å². The van der Waals surface area contributed by atoms with Crippen LogP contribution in [-0.4, -0.2) is 6.21 Å². The predicted molar refractivity (Wildman–Crippen MR) is 99.8 cm³/mol. The molecule has 0 saturated carbocycles. The number of nitrogens with one attached hydrogen (secondary N) is 1. The Kier molecular flexibility index (Phi) is 5.39. The fraction of sp³-hybridized carbons (Fsp3) is 0.0526. The molecular formula is C19H13Cl2N3O. The average Bonchev–Trinajstić information content (AvgIpc) is 3.09. The molecule has 25 heavy (non-hydrogen) atoms. The third-order valence-electron chi connectivity index (χ3n) is 3.54. The van der Waals surface area contributed by atoms with Crippen LogP contribution < -0.4 is 5.43 Å². The highest BCUT2D eigenvalue weighted by molar-refractivity contribution is 6.35. The van der Waals surface area contributed by atoms with Crippen LogP contribution in [0.2, 0.25) is 10.0 Å². The van der Waals surface area contributed by atoms with Gasteiger partial charge in [0.2, 0.25) is 0 Å². The first-order chi connectivity index (χ1) is 12.2. The molecule has 0 amide bonds. The van der Waals surface area contributed by atoms with Gasteiger partial charge in [0.05, 0.1) is 24.4 Å². The van der Waals surface area contributed by atoms with E-state index in [9.17, 15) is 0 Å². The third-order valence-corrected chi connectivity index (χ3v) is 4.25. The lowest BCUT2D eigenvalue weighted by Crippen LogP contribution is -2.06. The highest BCUT2D eigenvalue weighted by atomic mass is 35.5. The number of hydrogen-bond donors (Lipinski definition) is 1. The first kappa shape index (κ1) is 17.1. The molecule has 0 aliphatic rings. The van der Waals surface area contributed by atoms with E-state index in [0.29, 0.717) is 33.7 Å². The summed E-state index contributed by atoms with van der Waals surface area (Å²) in [7, 11) is 0. The molecule has 0 radical (unpaired) electrons. The Morgan fingerprint density at radius 3 is 2.56 bits per heavy atom. The molecule has 0 saturated heterocycles. The quantitative estimate of drug-likeness (QED) is 0.493. The molecule has 124 valence electrons. The van der Waals surface area contributed by atoms with Crippen molar-refractivity contribution in [1.29, 1.82) is 5.26 Å². The number of hydrazone groups is 1. The van der Waals surface area contributed by atoms with Gasteiger partial charge < -0.3 is 9.84 Å². The van der Waals surface area contributed by atoms with Crippen LogP contribution in [0.4, 0.5) is 0 Å². The van der Waals surface area contributed by atoms with Gasteiger partial charge in [-0.1, -0.05) is 41.4 Å². The first-order valence-electron chi connectivity index (χ1n) is 7.47. The molecule has 0 unspecified atom stereocenters. The van der Waals surface area contributed by atoms with Crippen molar-refractivity contribution in [2.75, 3.05) is 0 Å². The summed E-state index contributed by atoms with van der Waals surface area (Å²) in [5.74, 6) is 1.19. The van der Waals surface area contributed by atoms with Crippen molar-refractivity contribution in [2.45, 2.75) is 6.54 Å². The van der Waals surface area contributed by atoms with Gasteiger partial charge >= 0.3 is 0 Å². The van der Waals surface area contributed by atoms with Crippen molar-refractivity contribution in [3.05, 3.63) is 81.5 Å². The van der Waals surface area contributed by atoms with Gasteiger partial charge in [-0.2, -0.15) is 10.4 Å². The summed E-state index contributed by atoms with van der Waals surface area (Å²) in [6.45, 7) is 0.403. The van der Waals surface area contributed by atoms with E-state index in [1.165, 1.54) is 0 Å². The number of nitriles is 1. The Hall–Kier alpha value is -2.74.